The Bertz CT molecular complexity index is 558. The first kappa shape index (κ1) is 15.4. The third kappa shape index (κ3) is 3.76. The minimum absolute atomic E-state index is 0.146. The lowest BCUT2D eigenvalue weighted by Crippen LogP contribution is -2.16. The molecule has 0 amide bonds. The summed E-state index contributed by atoms with van der Waals surface area (Å²) in [4.78, 5) is 4.41. The minimum atomic E-state index is -0.146. The van der Waals surface area contributed by atoms with E-state index in [0.29, 0.717) is 6.42 Å². The van der Waals surface area contributed by atoms with Crippen LogP contribution in [0, 0.1) is 0 Å². The van der Waals surface area contributed by atoms with Gasteiger partial charge >= 0.3 is 0 Å². The first-order valence-electron chi connectivity index (χ1n) is 7.16. The molecule has 0 aliphatic carbocycles. The molecule has 0 saturated carbocycles. The molecule has 2 rings (SSSR count). The second-order valence-corrected chi connectivity index (χ2v) is 4.99. The lowest BCUT2D eigenvalue weighted by atomic mass is 10.0. The Morgan fingerprint density at radius 3 is 2.43 bits per heavy atom. The van der Waals surface area contributed by atoms with E-state index in [1.165, 1.54) is 0 Å². The fourth-order valence-electron chi connectivity index (χ4n) is 2.33. The molecule has 5 heteroatoms. The van der Waals surface area contributed by atoms with Crippen molar-refractivity contribution >= 4 is 0 Å². The molecule has 21 heavy (non-hydrogen) atoms. The molecule has 2 aromatic rings. The first-order chi connectivity index (χ1) is 10.2. The molecule has 0 bridgehead atoms. The quantitative estimate of drug-likeness (QED) is 0.851. The molecule has 0 aliphatic heterocycles. The monoisotopic (exact) mass is 289 g/mol. The van der Waals surface area contributed by atoms with Crippen molar-refractivity contribution in [2.75, 3.05) is 14.2 Å². The van der Waals surface area contributed by atoms with Gasteiger partial charge in [0.25, 0.3) is 0 Å². The lowest BCUT2D eigenvalue weighted by molar-refractivity contribution is 0.392. The summed E-state index contributed by atoms with van der Waals surface area (Å²) in [7, 11) is 3.27. The molecule has 0 spiro atoms. The molecule has 1 aromatic carbocycles. The second kappa shape index (κ2) is 7.13. The van der Waals surface area contributed by atoms with Crippen molar-refractivity contribution in [2.45, 2.75) is 32.4 Å². The van der Waals surface area contributed by atoms with Gasteiger partial charge in [-0.1, -0.05) is 6.92 Å². The molecule has 0 saturated heterocycles. The summed E-state index contributed by atoms with van der Waals surface area (Å²) in [5, 5.41) is 0. The summed E-state index contributed by atoms with van der Waals surface area (Å²) >= 11 is 0. The molecular weight excluding hydrogens is 266 g/mol. The van der Waals surface area contributed by atoms with Crippen LogP contribution in [0.3, 0.4) is 0 Å². The Morgan fingerprint density at radius 2 is 1.86 bits per heavy atom. The zero-order valence-corrected chi connectivity index (χ0v) is 12.9. The number of methoxy groups -OCH3 is 2. The smallest absolute Gasteiger partial charge is 0.122 e. The summed E-state index contributed by atoms with van der Waals surface area (Å²) in [6.07, 6.45) is 5.58. The average Bonchev–Trinajstić information content (AvgIpc) is 2.94. The van der Waals surface area contributed by atoms with Crippen molar-refractivity contribution in [3.63, 3.8) is 0 Å². The fourth-order valence-corrected chi connectivity index (χ4v) is 2.33. The van der Waals surface area contributed by atoms with Crippen LogP contribution in [0.15, 0.2) is 30.6 Å². The SMILES string of the molecule is CCCn1ccnc1CC(N)c1cc(OC)cc(OC)c1. The van der Waals surface area contributed by atoms with E-state index in [9.17, 15) is 0 Å². The number of hydrogen-bond donors (Lipinski definition) is 1. The van der Waals surface area contributed by atoms with Crippen LogP contribution < -0.4 is 15.2 Å². The Morgan fingerprint density at radius 1 is 1.19 bits per heavy atom. The zero-order valence-electron chi connectivity index (χ0n) is 12.9. The summed E-state index contributed by atoms with van der Waals surface area (Å²) in [6, 6.07) is 5.58. The number of nitrogens with zero attached hydrogens (tertiary/aromatic N) is 2. The topological polar surface area (TPSA) is 62.3 Å². The predicted octanol–water partition coefficient (Wildman–Crippen LogP) is 2.55. The van der Waals surface area contributed by atoms with Crippen molar-refractivity contribution in [3.05, 3.63) is 42.0 Å². The maximum absolute atomic E-state index is 6.33. The van der Waals surface area contributed by atoms with Crippen LogP contribution in [0.5, 0.6) is 11.5 Å². The molecule has 1 unspecified atom stereocenters. The number of hydrogen-bond acceptors (Lipinski definition) is 4. The highest BCUT2D eigenvalue weighted by Crippen LogP contribution is 2.26. The highest BCUT2D eigenvalue weighted by atomic mass is 16.5. The number of aromatic nitrogens is 2. The van der Waals surface area contributed by atoms with E-state index >= 15 is 0 Å². The molecule has 114 valence electrons. The van der Waals surface area contributed by atoms with Crippen LogP contribution in [0.1, 0.15) is 30.8 Å². The molecule has 0 radical (unpaired) electrons. The first-order valence-corrected chi connectivity index (χ1v) is 7.16. The van der Waals surface area contributed by atoms with Crippen LogP contribution in [0.4, 0.5) is 0 Å². The van der Waals surface area contributed by atoms with E-state index in [4.69, 9.17) is 15.2 Å². The van der Waals surface area contributed by atoms with Crippen molar-refractivity contribution < 1.29 is 9.47 Å². The predicted molar refractivity (Wildman–Crippen MR) is 82.7 cm³/mol. The minimum Gasteiger partial charge on any atom is -0.497 e. The molecular formula is C16H23N3O2. The van der Waals surface area contributed by atoms with Gasteiger partial charge in [0.1, 0.15) is 17.3 Å². The van der Waals surface area contributed by atoms with Gasteiger partial charge in [-0.15, -0.1) is 0 Å². The maximum Gasteiger partial charge on any atom is 0.122 e. The summed E-state index contributed by atoms with van der Waals surface area (Å²) in [5.74, 6) is 2.50. The molecule has 5 nitrogen and oxygen atoms in total. The Hall–Kier alpha value is -2.01. The lowest BCUT2D eigenvalue weighted by Gasteiger charge is -2.15. The van der Waals surface area contributed by atoms with Crippen molar-refractivity contribution in [2.24, 2.45) is 5.73 Å². The third-order valence-corrected chi connectivity index (χ3v) is 3.47. The molecule has 1 atom stereocenters. The Kier molecular flexibility index (Phi) is 5.22. The van der Waals surface area contributed by atoms with Crippen LogP contribution in [-0.4, -0.2) is 23.8 Å². The number of nitrogens with two attached hydrogens (primary N) is 1. The van der Waals surface area contributed by atoms with Gasteiger partial charge in [0.15, 0.2) is 0 Å². The van der Waals surface area contributed by atoms with Gasteiger partial charge in [-0.25, -0.2) is 4.98 Å². The van der Waals surface area contributed by atoms with Crippen molar-refractivity contribution in [1.82, 2.24) is 9.55 Å². The summed E-state index contributed by atoms with van der Waals surface area (Å²) in [6.45, 7) is 3.11. The molecule has 0 fully saturated rings. The number of aryl methyl sites for hydroxylation is 1. The fraction of sp³-hybridized carbons (Fsp3) is 0.438. The third-order valence-electron chi connectivity index (χ3n) is 3.47. The largest absolute Gasteiger partial charge is 0.497 e. The van der Waals surface area contributed by atoms with Gasteiger partial charge in [0, 0.05) is 37.5 Å². The molecule has 2 N–H and O–H groups in total. The maximum atomic E-state index is 6.33. The van der Waals surface area contributed by atoms with Crippen LogP contribution in [-0.2, 0) is 13.0 Å². The molecule has 0 aliphatic rings. The number of imidazole rings is 1. The normalized spacial score (nSPS) is 12.2. The molecule has 1 aromatic heterocycles. The van der Waals surface area contributed by atoms with Crippen LogP contribution in [0.2, 0.25) is 0 Å². The van der Waals surface area contributed by atoms with Gasteiger partial charge in [-0.3, -0.25) is 0 Å². The van der Waals surface area contributed by atoms with E-state index < -0.39 is 0 Å². The number of benzene rings is 1. The molecule has 1 heterocycles. The highest BCUT2D eigenvalue weighted by molar-refractivity contribution is 5.40. The van der Waals surface area contributed by atoms with Crippen molar-refractivity contribution in [3.8, 4) is 11.5 Å². The zero-order chi connectivity index (χ0) is 15.2. The van der Waals surface area contributed by atoms with Gasteiger partial charge in [-0.05, 0) is 24.1 Å². The van der Waals surface area contributed by atoms with Gasteiger partial charge in [0.2, 0.25) is 0 Å². The average molecular weight is 289 g/mol. The summed E-state index contributed by atoms with van der Waals surface area (Å²) in [5.41, 5.74) is 7.32. The second-order valence-electron chi connectivity index (χ2n) is 4.99. The van der Waals surface area contributed by atoms with Gasteiger partial charge < -0.3 is 19.8 Å². The number of rotatable bonds is 7. The van der Waals surface area contributed by atoms with E-state index in [1.807, 2.05) is 30.6 Å². The highest BCUT2D eigenvalue weighted by Gasteiger charge is 2.13. The van der Waals surface area contributed by atoms with Gasteiger partial charge in [0.05, 0.1) is 14.2 Å². The van der Waals surface area contributed by atoms with E-state index in [0.717, 1.165) is 35.9 Å². The van der Waals surface area contributed by atoms with Crippen LogP contribution in [0.25, 0.3) is 0 Å². The van der Waals surface area contributed by atoms with E-state index in [-0.39, 0.29) is 6.04 Å². The Labute approximate surface area is 125 Å². The van der Waals surface area contributed by atoms with E-state index in [1.54, 1.807) is 14.2 Å². The van der Waals surface area contributed by atoms with Crippen LogP contribution >= 0.6 is 0 Å². The van der Waals surface area contributed by atoms with Gasteiger partial charge in [-0.2, -0.15) is 0 Å². The summed E-state index contributed by atoms with van der Waals surface area (Å²) < 4.78 is 12.7. The van der Waals surface area contributed by atoms with E-state index in [2.05, 4.69) is 16.5 Å². The van der Waals surface area contributed by atoms with Crippen molar-refractivity contribution in [1.29, 1.82) is 0 Å². The standard InChI is InChI=1S/C16H23N3O2/c1-4-6-19-7-5-18-16(19)11-15(17)12-8-13(20-2)10-14(9-12)21-3/h5,7-10,15H,4,6,11,17H2,1-3H3. The Balaban J connectivity index is 2.19. The number of ether oxygens (including phenoxy) is 2.